The van der Waals surface area contributed by atoms with Crippen LogP contribution in [0, 0.1) is 5.82 Å². The zero-order valence-electron chi connectivity index (χ0n) is 8.46. The number of rotatable bonds is 3. The highest BCUT2D eigenvalue weighted by molar-refractivity contribution is 5.70. The predicted molar refractivity (Wildman–Crippen MR) is 52.7 cm³/mol. The van der Waals surface area contributed by atoms with Gasteiger partial charge in [0.15, 0.2) is 0 Å². The molecule has 0 bridgehead atoms. The molecule has 0 saturated heterocycles. The third kappa shape index (κ3) is 4.26. The minimum atomic E-state index is -4.63. The fourth-order valence-corrected chi connectivity index (χ4v) is 1.17. The fraction of sp³-hybridized carbons (Fsp3) is 0.182. The highest BCUT2D eigenvalue weighted by Crippen LogP contribution is 2.30. The van der Waals surface area contributed by atoms with Gasteiger partial charge in [-0.1, -0.05) is 12.2 Å². The third-order valence-electron chi connectivity index (χ3n) is 1.85. The quantitative estimate of drug-likeness (QED) is 0.833. The van der Waals surface area contributed by atoms with Gasteiger partial charge in [0, 0.05) is 0 Å². The lowest BCUT2D eigenvalue weighted by atomic mass is 10.1. The predicted octanol–water partition coefficient (Wildman–Crippen LogP) is 3.33. The van der Waals surface area contributed by atoms with Gasteiger partial charge in [0.05, 0.1) is 12.0 Å². The zero-order chi connectivity index (χ0) is 13.1. The third-order valence-corrected chi connectivity index (χ3v) is 1.85. The first-order valence-corrected chi connectivity index (χ1v) is 4.55. The molecule has 0 saturated carbocycles. The topological polar surface area (TPSA) is 37.3 Å². The van der Waals surface area contributed by atoms with Crippen molar-refractivity contribution in [2.45, 2.75) is 12.6 Å². The Morgan fingerprint density at radius 1 is 1.29 bits per heavy atom. The second-order valence-corrected chi connectivity index (χ2v) is 3.27. The van der Waals surface area contributed by atoms with Crippen LogP contribution in [0.4, 0.5) is 17.6 Å². The van der Waals surface area contributed by atoms with E-state index in [0.29, 0.717) is 6.07 Å². The van der Waals surface area contributed by atoms with Gasteiger partial charge in [-0.15, -0.1) is 0 Å². The summed E-state index contributed by atoms with van der Waals surface area (Å²) >= 11 is 0. The van der Waals surface area contributed by atoms with Gasteiger partial charge in [-0.2, -0.15) is 13.2 Å². The molecule has 2 nitrogen and oxygen atoms in total. The van der Waals surface area contributed by atoms with Gasteiger partial charge >= 0.3 is 12.1 Å². The Morgan fingerprint density at radius 3 is 2.47 bits per heavy atom. The summed E-state index contributed by atoms with van der Waals surface area (Å²) in [6, 6.07) is 2.03. The molecule has 0 amide bonds. The molecule has 0 fully saturated rings. The molecule has 0 atom stereocenters. The number of hydrogen-bond acceptors (Lipinski definition) is 1. The van der Waals surface area contributed by atoms with Gasteiger partial charge in [-0.05, 0) is 23.8 Å². The maximum Gasteiger partial charge on any atom is 0.416 e. The molecule has 17 heavy (non-hydrogen) atoms. The first-order valence-electron chi connectivity index (χ1n) is 4.55. The molecule has 0 aliphatic carbocycles. The van der Waals surface area contributed by atoms with Crippen LogP contribution in [0.5, 0.6) is 0 Å². The molecule has 1 N–H and O–H groups in total. The summed E-state index contributed by atoms with van der Waals surface area (Å²) in [5.74, 6) is -2.14. The molecule has 92 valence electrons. The molecule has 1 aromatic carbocycles. The van der Waals surface area contributed by atoms with E-state index in [2.05, 4.69) is 0 Å². The van der Waals surface area contributed by atoms with Crippen molar-refractivity contribution in [2.24, 2.45) is 0 Å². The number of alkyl halides is 3. The lowest BCUT2D eigenvalue weighted by Gasteiger charge is -2.07. The molecule has 0 heterocycles. The molecule has 0 aliphatic rings. The molecule has 0 radical (unpaired) electrons. The Morgan fingerprint density at radius 2 is 1.94 bits per heavy atom. The summed E-state index contributed by atoms with van der Waals surface area (Å²) in [7, 11) is 0. The van der Waals surface area contributed by atoms with E-state index >= 15 is 0 Å². The number of aliphatic carboxylic acids is 1. The maximum atomic E-state index is 12.9. The second kappa shape index (κ2) is 4.99. The monoisotopic (exact) mass is 248 g/mol. The Balaban J connectivity index is 2.98. The van der Waals surface area contributed by atoms with E-state index in [0.717, 1.165) is 24.3 Å². The fourth-order valence-electron chi connectivity index (χ4n) is 1.17. The number of benzene rings is 1. The van der Waals surface area contributed by atoms with Crippen LogP contribution in [-0.4, -0.2) is 11.1 Å². The highest BCUT2D eigenvalue weighted by atomic mass is 19.4. The number of halogens is 4. The van der Waals surface area contributed by atoms with Gasteiger partial charge in [-0.25, -0.2) is 4.39 Å². The number of carboxylic acids is 1. The van der Waals surface area contributed by atoms with E-state index in [4.69, 9.17) is 5.11 Å². The van der Waals surface area contributed by atoms with E-state index in [1.54, 1.807) is 0 Å². The molecule has 0 aliphatic heterocycles. The molecule has 0 spiro atoms. The van der Waals surface area contributed by atoms with Gasteiger partial charge in [0.25, 0.3) is 0 Å². The summed E-state index contributed by atoms with van der Waals surface area (Å²) in [4.78, 5) is 10.2. The van der Waals surface area contributed by atoms with E-state index in [-0.39, 0.29) is 12.0 Å². The smallest absolute Gasteiger partial charge is 0.416 e. The molecule has 0 aromatic heterocycles. The number of carbonyl (C=O) groups is 1. The minimum absolute atomic E-state index is 0.0291. The van der Waals surface area contributed by atoms with Crippen molar-refractivity contribution in [3.63, 3.8) is 0 Å². The van der Waals surface area contributed by atoms with Gasteiger partial charge in [-0.3, -0.25) is 4.79 Å². The van der Waals surface area contributed by atoms with E-state index in [1.165, 1.54) is 0 Å². The first-order chi connectivity index (χ1) is 7.79. The molecule has 1 rings (SSSR count). The highest BCUT2D eigenvalue weighted by Gasteiger charge is 2.31. The molecular weight excluding hydrogens is 240 g/mol. The van der Waals surface area contributed by atoms with Crippen LogP contribution in [0.25, 0.3) is 6.08 Å². The summed E-state index contributed by atoms with van der Waals surface area (Å²) in [6.07, 6.45) is -2.68. The minimum Gasteiger partial charge on any atom is -0.481 e. The lowest BCUT2D eigenvalue weighted by Crippen LogP contribution is -2.05. The molecule has 1 aromatic rings. The SMILES string of the molecule is O=C(O)CC=Cc1cc(F)cc(C(F)(F)F)c1. The van der Waals surface area contributed by atoms with Crippen LogP contribution < -0.4 is 0 Å². The van der Waals surface area contributed by atoms with Crippen LogP contribution in [-0.2, 0) is 11.0 Å². The lowest BCUT2D eigenvalue weighted by molar-refractivity contribution is -0.138. The number of carboxylic acid groups (broad SMARTS) is 1. The normalized spacial score (nSPS) is 12.0. The molecule has 6 heteroatoms. The van der Waals surface area contributed by atoms with Crippen LogP contribution in [0.2, 0.25) is 0 Å². The van der Waals surface area contributed by atoms with Gasteiger partial charge in [0.2, 0.25) is 0 Å². The summed E-state index contributed by atoms with van der Waals surface area (Å²) in [5.41, 5.74) is -1.13. The van der Waals surface area contributed by atoms with Crippen molar-refractivity contribution in [2.75, 3.05) is 0 Å². The van der Waals surface area contributed by atoms with Crippen LogP contribution in [0.1, 0.15) is 17.5 Å². The van der Waals surface area contributed by atoms with E-state index in [1.807, 2.05) is 0 Å². The van der Waals surface area contributed by atoms with Crippen LogP contribution in [0.3, 0.4) is 0 Å². The van der Waals surface area contributed by atoms with Crippen LogP contribution in [0.15, 0.2) is 24.3 Å². The first kappa shape index (κ1) is 13.2. The summed E-state index contributed by atoms with van der Waals surface area (Å²) in [5, 5.41) is 8.32. The van der Waals surface area contributed by atoms with Crippen molar-refractivity contribution in [1.82, 2.24) is 0 Å². The summed E-state index contributed by atoms with van der Waals surface area (Å²) < 4.78 is 49.8. The van der Waals surface area contributed by atoms with E-state index < -0.39 is 23.5 Å². The average molecular weight is 248 g/mol. The zero-order valence-corrected chi connectivity index (χ0v) is 8.46. The Hall–Kier alpha value is -1.85. The molecular formula is C11H8F4O2. The Labute approximate surface area is 94.2 Å². The van der Waals surface area contributed by atoms with Crippen molar-refractivity contribution >= 4 is 12.0 Å². The molecule has 0 unspecified atom stereocenters. The van der Waals surface area contributed by atoms with Gasteiger partial charge in [0.1, 0.15) is 5.82 Å². The summed E-state index contributed by atoms with van der Waals surface area (Å²) in [6.45, 7) is 0. The largest absolute Gasteiger partial charge is 0.481 e. The Kier molecular flexibility index (Phi) is 3.88. The van der Waals surface area contributed by atoms with Crippen molar-refractivity contribution in [3.8, 4) is 0 Å². The standard InChI is InChI=1S/C11H8F4O2/c12-9-5-7(2-1-3-10(16)17)4-8(6-9)11(13,14)15/h1-2,4-6H,3H2,(H,16,17). The van der Waals surface area contributed by atoms with Crippen molar-refractivity contribution < 1.29 is 27.5 Å². The average Bonchev–Trinajstić information content (AvgIpc) is 2.14. The Bertz CT molecular complexity index is 449. The van der Waals surface area contributed by atoms with Crippen LogP contribution >= 0.6 is 0 Å². The maximum absolute atomic E-state index is 12.9. The van der Waals surface area contributed by atoms with Crippen molar-refractivity contribution in [3.05, 3.63) is 41.2 Å². The second-order valence-electron chi connectivity index (χ2n) is 3.27. The number of hydrogen-bond donors (Lipinski definition) is 1. The van der Waals surface area contributed by atoms with E-state index in [9.17, 15) is 22.4 Å². The van der Waals surface area contributed by atoms with Gasteiger partial charge < -0.3 is 5.11 Å². The van der Waals surface area contributed by atoms with Crippen molar-refractivity contribution in [1.29, 1.82) is 0 Å².